The Morgan fingerprint density at radius 1 is 1.19 bits per heavy atom. The lowest BCUT2D eigenvalue weighted by molar-refractivity contribution is -0.124. The molecule has 1 N–H and O–H groups in total. The van der Waals surface area contributed by atoms with Crippen molar-refractivity contribution in [1.29, 1.82) is 0 Å². The number of hydrogen-bond donors (Lipinski definition) is 1. The second kappa shape index (κ2) is 7.11. The van der Waals surface area contributed by atoms with Crippen molar-refractivity contribution in [3.8, 4) is 11.4 Å². The predicted molar refractivity (Wildman–Crippen MR) is 102 cm³/mol. The van der Waals surface area contributed by atoms with Crippen molar-refractivity contribution < 1.29 is 9.59 Å². The van der Waals surface area contributed by atoms with Crippen molar-refractivity contribution in [3.05, 3.63) is 60.3 Å². The van der Waals surface area contributed by atoms with Crippen molar-refractivity contribution in [2.75, 3.05) is 11.4 Å². The molecule has 0 spiro atoms. The van der Waals surface area contributed by atoms with E-state index in [2.05, 4.69) is 10.4 Å². The first-order valence-corrected chi connectivity index (χ1v) is 8.92. The zero-order chi connectivity index (χ0) is 18.8. The Morgan fingerprint density at radius 2 is 2.00 bits per heavy atom. The van der Waals surface area contributed by atoms with Crippen LogP contribution in [0.15, 0.2) is 54.7 Å². The van der Waals surface area contributed by atoms with Crippen molar-refractivity contribution in [2.45, 2.75) is 19.5 Å². The van der Waals surface area contributed by atoms with E-state index in [1.54, 1.807) is 4.68 Å². The molecule has 1 aromatic carbocycles. The number of carbonyl (C=O) groups excluding carboxylic acids is 2. The number of rotatable bonds is 5. The Morgan fingerprint density at radius 3 is 2.74 bits per heavy atom. The highest BCUT2D eigenvalue weighted by Crippen LogP contribution is 2.27. The Balaban J connectivity index is 1.50. The van der Waals surface area contributed by atoms with Crippen LogP contribution in [0.25, 0.3) is 11.4 Å². The minimum atomic E-state index is -0.192. The van der Waals surface area contributed by atoms with E-state index < -0.39 is 0 Å². The first kappa shape index (κ1) is 17.1. The van der Waals surface area contributed by atoms with Crippen LogP contribution in [-0.4, -0.2) is 32.7 Å². The van der Waals surface area contributed by atoms with Gasteiger partial charge < -0.3 is 9.88 Å². The molecule has 0 saturated carbocycles. The van der Waals surface area contributed by atoms with Crippen LogP contribution in [0.3, 0.4) is 0 Å². The summed E-state index contributed by atoms with van der Waals surface area (Å²) in [5.74, 6) is 0.412. The summed E-state index contributed by atoms with van der Waals surface area (Å²) < 4.78 is 3.78. The second-order valence-electron chi connectivity index (χ2n) is 6.61. The van der Waals surface area contributed by atoms with Gasteiger partial charge in [-0.1, -0.05) is 30.3 Å². The average Bonchev–Trinajstić information content (AvgIpc) is 3.29. The fraction of sp³-hybridized carbons (Fsp3) is 0.250. The normalized spacial score (nSPS) is 13.5. The van der Waals surface area contributed by atoms with E-state index in [4.69, 9.17) is 0 Å². The van der Waals surface area contributed by atoms with Gasteiger partial charge in [-0.2, -0.15) is 5.10 Å². The van der Waals surface area contributed by atoms with Gasteiger partial charge in [-0.25, -0.2) is 4.68 Å². The molecule has 3 aromatic rings. The maximum absolute atomic E-state index is 12.4. The minimum Gasteiger partial charge on any atom is -0.350 e. The molecule has 0 fully saturated rings. The fourth-order valence-electron chi connectivity index (χ4n) is 3.27. The van der Waals surface area contributed by atoms with Gasteiger partial charge in [0, 0.05) is 32.3 Å². The van der Waals surface area contributed by atoms with Gasteiger partial charge >= 0.3 is 0 Å². The molecule has 138 valence electrons. The van der Waals surface area contributed by atoms with E-state index in [0.29, 0.717) is 25.3 Å². The summed E-state index contributed by atoms with van der Waals surface area (Å²) in [4.78, 5) is 26.3. The van der Waals surface area contributed by atoms with Crippen LogP contribution in [0.2, 0.25) is 0 Å². The molecular formula is C20H21N5O2. The lowest BCUT2D eigenvalue weighted by Gasteiger charge is -2.26. The SMILES string of the molecule is Cn1cccc1-c1cc2n(n1)CCC(=O)N2CC(=O)NCc1ccccc1. The number of hydrogen-bond acceptors (Lipinski definition) is 3. The molecule has 7 heteroatoms. The number of amides is 2. The largest absolute Gasteiger partial charge is 0.350 e. The third-order valence-electron chi connectivity index (χ3n) is 4.71. The molecule has 27 heavy (non-hydrogen) atoms. The maximum Gasteiger partial charge on any atom is 0.240 e. The molecule has 4 rings (SSSR count). The lowest BCUT2D eigenvalue weighted by atomic mass is 10.2. The Hall–Kier alpha value is -3.35. The van der Waals surface area contributed by atoms with Crippen LogP contribution < -0.4 is 10.2 Å². The number of nitrogens with zero attached hydrogens (tertiary/aromatic N) is 4. The van der Waals surface area contributed by atoms with Crippen molar-refractivity contribution >= 4 is 17.6 Å². The van der Waals surface area contributed by atoms with Gasteiger partial charge in [-0.15, -0.1) is 0 Å². The highest BCUT2D eigenvalue weighted by molar-refractivity contribution is 5.99. The van der Waals surface area contributed by atoms with E-state index in [1.165, 1.54) is 4.90 Å². The summed E-state index contributed by atoms with van der Waals surface area (Å²) in [5, 5.41) is 7.48. The summed E-state index contributed by atoms with van der Waals surface area (Å²) in [6.07, 6.45) is 2.29. The highest BCUT2D eigenvalue weighted by Gasteiger charge is 2.28. The van der Waals surface area contributed by atoms with Crippen LogP contribution >= 0.6 is 0 Å². The van der Waals surface area contributed by atoms with E-state index in [-0.39, 0.29) is 18.4 Å². The molecule has 0 radical (unpaired) electrons. The van der Waals surface area contributed by atoms with Crippen LogP contribution in [0.5, 0.6) is 0 Å². The number of carbonyl (C=O) groups is 2. The second-order valence-corrected chi connectivity index (χ2v) is 6.61. The predicted octanol–water partition coefficient (Wildman–Crippen LogP) is 1.94. The molecule has 2 aromatic heterocycles. The van der Waals surface area contributed by atoms with Gasteiger partial charge in [0.05, 0.1) is 12.2 Å². The molecule has 0 aliphatic carbocycles. The highest BCUT2D eigenvalue weighted by atomic mass is 16.2. The van der Waals surface area contributed by atoms with Crippen LogP contribution in [0.1, 0.15) is 12.0 Å². The monoisotopic (exact) mass is 363 g/mol. The number of anilines is 1. The molecule has 1 aliphatic rings. The molecule has 3 heterocycles. The average molecular weight is 363 g/mol. The summed E-state index contributed by atoms with van der Waals surface area (Å²) >= 11 is 0. The van der Waals surface area contributed by atoms with Crippen LogP contribution in [0.4, 0.5) is 5.82 Å². The van der Waals surface area contributed by atoms with Gasteiger partial charge in [-0.3, -0.25) is 14.5 Å². The maximum atomic E-state index is 12.4. The van der Waals surface area contributed by atoms with E-state index in [0.717, 1.165) is 17.0 Å². The van der Waals surface area contributed by atoms with Gasteiger partial charge in [-0.05, 0) is 17.7 Å². The number of aryl methyl sites for hydroxylation is 2. The smallest absolute Gasteiger partial charge is 0.240 e. The quantitative estimate of drug-likeness (QED) is 0.753. The Labute approximate surface area is 157 Å². The van der Waals surface area contributed by atoms with E-state index in [9.17, 15) is 9.59 Å². The lowest BCUT2D eigenvalue weighted by Crippen LogP contribution is -2.44. The molecule has 7 nitrogen and oxygen atoms in total. The van der Waals surface area contributed by atoms with Crippen molar-refractivity contribution in [1.82, 2.24) is 19.7 Å². The number of nitrogens with one attached hydrogen (secondary N) is 1. The summed E-state index contributed by atoms with van der Waals surface area (Å²) in [6, 6.07) is 15.5. The summed E-state index contributed by atoms with van der Waals surface area (Å²) in [6.45, 7) is 0.959. The number of benzene rings is 1. The van der Waals surface area contributed by atoms with Crippen LogP contribution in [-0.2, 0) is 29.7 Å². The van der Waals surface area contributed by atoms with Gasteiger partial charge in [0.1, 0.15) is 18.1 Å². The zero-order valence-electron chi connectivity index (χ0n) is 15.1. The Kier molecular flexibility index (Phi) is 4.50. The van der Waals surface area contributed by atoms with Crippen LogP contribution in [0, 0.1) is 0 Å². The van der Waals surface area contributed by atoms with Crippen molar-refractivity contribution in [3.63, 3.8) is 0 Å². The number of fused-ring (bicyclic) bond motifs is 1. The molecular weight excluding hydrogens is 342 g/mol. The zero-order valence-corrected chi connectivity index (χ0v) is 15.1. The standard InChI is InChI=1S/C20H21N5O2/c1-23-10-5-8-17(23)16-12-19-24(20(27)9-11-25(19)22-16)14-18(26)21-13-15-6-3-2-4-7-15/h2-8,10,12H,9,11,13-14H2,1H3,(H,21,26). The fourth-order valence-corrected chi connectivity index (χ4v) is 3.27. The topological polar surface area (TPSA) is 72.2 Å². The van der Waals surface area contributed by atoms with E-state index >= 15 is 0 Å². The van der Waals surface area contributed by atoms with Gasteiger partial charge in [0.2, 0.25) is 11.8 Å². The third-order valence-corrected chi connectivity index (χ3v) is 4.71. The minimum absolute atomic E-state index is 0.00998. The number of aromatic nitrogens is 3. The molecule has 0 bridgehead atoms. The molecule has 0 unspecified atom stereocenters. The third kappa shape index (κ3) is 3.48. The van der Waals surface area contributed by atoms with Gasteiger partial charge in [0.25, 0.3) is 0 Å². The van der Waals surface area contributed by atoms with Gasteiger partial charge in [0.15, 0.2) is 0 Å². The van der Waals surface area contributed by atoms with Crippen molar-refractivity contribution in [2.24, 2.45) is 7.05 Å². The molecule has 2 amide bonds. The summed E-state index contributed by atoms with van der Waals surface area (Å²) in [5.41, 5.74) is 2.78. The molecule has 0 atom stereocenters. The molecule has 1 aliphatic heterocycles. The first-order chi connectivity index (χ1) is 13.1. The van der Waals surface area contributed by atoms with E-state index in [1.807, 2.05) is 66.3 Å². The first-order valence-electron chi connectivity index (χ1n) is 8.92. The molecule has 0 saturated heterocycles. The Bertz CT molecular complexity index is 973. The summed E-state index contributed by atoms with van der Waals surface area (Å²) in [7, 11) is 1.95.